The number of thiazole rings is 1. The molecule has 0 bridgehead atoms. The number of carbonyl (C=O) groups is 1. The van der Waals surface area contributed by atoms with Crippen molar-refractivity contribution in [2.45, 2.75) is 13.0 Å². The van der Waals surface area contributed by atoms with E-state index in [2.05, 4.69) is 4.98 Å². The number of amides is 1. The molecule has 6 heteroatoms. The molecular weight excluding hydrogens is 340 g/mol. The summed E-state index contributed by atoms with van der Waals surface area (Å²) < 4.78 is 5.40. The van der Waals surface area contributed by atoms with Crippen molar-refractivity contribution in [1.82, 2.24) is 9.88 Å². The predicted octanol–water partition coefficient (Wildman–Crippen LogP) is 4.71. The van der Waals surface area contributed by atoms with Crippen LogP contribution in [0.2, 0.25) is 0 Å². The smallest absolute Gasteiger partial charge is 0.273 e. The first-order chi connectivity index (χ1) is 11.6. The van der Waals surface area contributed by atoms with Gasteiger partial charge in [-0.05, 0) is 24.4 Å². The summed E-state index contributed by atoms with van der Waals surface area (Å²) in [5.74, 6) is 0.688. The van der Waals surface area contributed by atoms with E-state index in [1.54, 1.807) is 30.4 Å². The van der Waals surface area contributed by atoms with Gasteiger partial charge >= 0.3 is 0 Å². The third-order valence-electron chi connectivity index (χ3n) is 3.98. The van der Waals surface area contributed by atoms with E-state index in [-0.39, 0.29) is 11.9 Å². The third kappa shape index (κ3) is 3.20. The Hall–Kier alpha value is -2.18. The topological polar surface area (TPSA) is 42.4 Å². The normalized spacial score (nSPS) is 12.0. The van der Waals surface area contributed by atoms with E-state index in [9.17, 15) is 4.79 Å². The van der Waals surface area contributed by atoms with Crippen LogP contribution >= 0.6 is 22.7 Å². The molecule has 3 aromatic rings. The number of hydrogen-bond donors (Lipinski definition) is 0. The summed E-state index contributed by atoms with van der Waals surface area (Å²) in [6.07, 6.45) is 0. The van der Waals surface area contributed by atoms with Gasteiger partial charge in [-0.1, -0.05) is 18.2 Å². The average Bonchev–Trinajstić information content (AvgIpc) is 3.30. The molecule has 0 N–H and O–H groups in total. The number of ether oxygens (including phenoxy) is 1. The van der Waals surface area contributed by atoms with Gasteiger partial charge in [0.1, 0.15) is 16.5 Å². The Kier molecular flexibility index (Phi) is 4.97. The van der Waals surface area contributed by atoms with Gasteiger partial charge < -0.3 is 9.64 Å². The fraction of sp³-hybridized carbons (Fsp3) is 0.222. The predicted molar refractivity (Wildman–Crippen MR) is 98.9 cm³/mol. The van der Waals surface area contributed by atoms with Crippen molar-refractivity contribution in [3.05, 3.63) is 57.7 Å². The number of para-hydroxylation sites is 1. The van der Waals surface area contributed by atoms with Crippen molar-refractivity contribution in [2.24, 2.45) is 0 Å². The highest BCUT2D eigenvalue weighted by molar-refractivity contribution is 7.14. The minimum atomic E-state index is -0.111. The minimum absolute atomic E-state index is 0.0915. The lowest BCUT2D eigenvalue weighted by Crippen LogP contribution is -2.30. The van der Waals surface area contributed by atoms with Crippen LogP contribution in [0, 0.1) is 0 Å². The molecule has 0 saturated heterocycles. The van der Waals surface area contributed by atoms with Gasteiger partial charge in [0, 0.05) is 28.9 Å². The molecule has 2 heterocycles. The van der Waals surface area contributed by atoms with Crippen LogP contribution in [-0.4, -0.2) is 29.9 Å². The number of methoxy groups -OCH3 is 1. The van der Waals surface area contributed by atoms with Crippen LogP contribution in [0.4, 0.5) is 0 Å². The zero-order valence-electron chi connectivity index (χ0n) is 13.7. The Morgan fingerprint density at radius 3 is 2.75 bits per heavy atom. The van der Waals surface area contributed by atoms with E-state index in [0.717, 1.165) is 21.9 Å². The van der Waals surface area contributed by atoms with Gasteiger partial charge in [0.05, 0.1) is 13.2 Å². The zero-order chi connectivity index (χ0) is 17.1. The van der Waals surface area contributed by atoms with Crippen LogP contribution < -0.4 is 4.74 Å². The highest BCUT2D eigenvalue weighted by atomic mass is 32.1. The lowest BCUT2D eigenvalue weighted by molar-refractivity contribution is 0.0736. The van der Waals surface area contributed by atoms with Crippen LogP contribution in [0.25, 0.3) is 10.6 Å². The molecule has 3 rings (SSSR count). The maximum atomic E-state index is 12.8. The first-order valence-electron chi connectivity index (χ1n) is 7.50. The molecule has 1 atom stereocenters. The van der Waals surface area contributed by atoms with Crippen molar-refractivity contribution in [3.63, 3.8) is 0 Å². The van der Waals surface area contributed by atoms with Gasteiger partial charge in [-0.15, -0.1) is 11.3 Å². The molecule has 0 radical (unpaired) electrons. The van der Waals surface area contributed by atoms with Gasteiger partial charge in [-0.2, -0.15) is 11.3 Å². The molecule has 1 unspecified atom stereocenters. The number of benzene rings is 1. The molecule has 24 heavy (non-hydrogen) atoms. The van der Waals surface area contributed by atoms with Crippen molar-refractivity contribution in [3.8, 4) is 16.3 Å². The highest BCUT2D eigenvalue weighted by Crippen LogP contribution is 2.30. The van der Waals surface area contributed by atoms with Crippen molar-refractivity contribution in [2.75, 3.05) is 14.2 Å². The number of carbonyl (C=O) groups excluding carboxylic acids is 1. The van der Waals surface area contributed by atoms with Gasteiger partial charge in [0.2, 0.25) is 0 Å². The highest BCUT2D eigenvalue weighted by Gasteiger charge is 2.23. The molecule has 2 aromatic heterocycles. The Balaban J connectivity index is 1.82. The quantitative estimate of drug-likeness (QED) is 0.663. The second-order valence-corrected chi connectivity index (χ2v) is 7.02. The van der Waals surface area contributed by atoms with Crippen molar-refractivity contribution >= 4 is 28.6 Å². The summed E-state index contributed by atoms with van der Waals surface area (Å²) >= 11 is 3.11. The van der Waals surface area contributed by atoms with Gasteiger partial charge in [-0.25, -0.2) is 4.98 Å². The Morgan fingerprint density at radius 1 is 1.25 bits per heavy atom. The second kappa shape index (κ2) is 7.15. The monoisotopic (exact) mass is 358 g/mol. The fourth-order valence-electron chi connectivity index (χ4n) is 2.47. The molecule has 0 aliphatic heterocycles. The van der Waals surface area contributed by atoms with E-state index >= 15 is 0 Å². The lowest BCUT2D eigenvalue weighted by atomic mass is 10.1. The molecular formula is C18H18N2O2S2. The summed E-state index contributed by atoms with van der Waals surface area (Å²) in [6, 6.07) is 9.65. The summed E-state index contributed by atoms with van der Waals surface area (Å²) in [5, 5.41) is 6.74. The van der Waals surface area contributed by atoms with E-state index in [0.29, 0.717) is 5.69 Å². The number of aromatic nitrogens is 1. The molecule has 0 aliphatic rings. The Labute approximate surface area is 149 Å². The number of rotatable bonds is 5. The minimum Gasteiger partial charge on any atom is -0.496 e. The summed E-state index contributed by atoms with van der Waals surface area (Å²) in [6.45, 7) is 1.99. The molecule has 0 fully saturated rings. The van der Waals surface area contributed by atoms with E-state index in [4.69, 9.17) is 4.74 Å². The van der Waals surface area contributed by atoms with Crippen LogP contribution in [0.15, 0.2) is 46.5 Å². The zero-order valence-corrected chi connectivity index (χ0v) is 15.4. The SMILES string of the molecule is COc1ccccc1C(C)N(C)C(=O)c1csc(-c2ccsc2)n1. The summed E-state index contributed by atoms with van der Waals surface area (Å²) in [7, 11) is 3.43. The van der Waals surface area contributed by atoms with E-state index < -0.39 is 0 Å². The lowest BCUT2D eigenvalue weighted by Gasteiger charge is -2.26. The molecule has 124 valence electrons. The molecule has 4 nitrogen and oxygen atoms in total. The van der Waals surface area contributed by atoms with E-state index in [1.807, 2.05) is 53.4 Å². The molecule has 0 saturated carbocycles. The maximum absolute atomic E-state index is 12.8. The Morgan fingerprint density at radius 2 is 2.04 bits per heavy atom. The number of nitrogens with zero attached hydrogens (tertiary/aromatic N) is 2. The van der Waals surface area contributed by atoms with Crippen LogP contribution in [-0.2, 0) is 0 Å². The maximum Gasteiger partial charge on any atom is 0.273 e. The first-order valence-corrected chi connectivity index (χ1v) is 9.32. The number of hydrogen-bond acceptors (Lipinski definition) is 5. The largest absolute Gasteiger partial charge is 0.496 e. The average molecular weight is 358 g/mol. The molecule has 0 spiro atoms. The van der Waals surface area contributed by atoms with Crippen LogP contribution in [0.5, 0.6) is 5.75 Å². The standard InChI is InChI=1S/C18H18N2O2S2/c1-12(14-6-4-5-7-16(14)22-3)20(2)18(21)15-11-24-17(19-15)13-8-9-23-10-13/h4-12H,1-3H3. The van der Waals surface area contributed by atoms with Crippen molar-refractivity contribution < 1.29 is 9.53 Å². The third-order valence-corrected chi connectivity index (χ3v) is 5.56. The molecule has 1 amide bonds. The molecule has 1 aromatic carbocycles. The van der Waals surface area contributed by atoms with Gasteiger partial charge in [0.15, 0.2) is 0 Å². The number of thiophene rings is 1. The first kappa shape index (κ1) is 16.7. The summed E-state index contributed by atoms with van der Waals surface area (Å²) in [4.78, 5) is 19.0. The van der Waals surface area contributed by atoms with Gasteiger partial charge in [-0.3, -0.25) is 4.79 Å². The van der Waals surface area contributed by atoms with Crippen LogP contribution in [0.1, 0.15) is 29.0 Å². The van der Waals surface area contributed by atoms with Crippen molar-refractivity contribution in [1.29, 1.82) is 0 Å². The Bertz CT molecular complexity index is 827. The second-order valence-electron chi connectivity index (χ2n) is 5.38. The summed E-state index contributed by atoms with van der Waals surface area (Å²) in [5.41, 5.74) is 2.51. The van der Waals surface area contributed by atoms with Crippen LogP contribution in [0.3, 0.4) is 0 Å². The fourth-order valence-corrected chi connectivity index (χ4v) is 3.97. The molecule has 0 aliphatic carbocycles. The van der Waals surface area contributed by atoms with E-state index in [1.165, 1.54) is 11.3 Å². The van der Waals surface area contributed by atoms with Gasteiger partial charge in [0.25, 0.3) is 5.91 Å².